The van der Waals surface area contributed by atoms with Gasteiger partial charge in [0.1, 0.15) is 11.8 Å². The number of thiophene rings is 1. The summed E-state index contributed by atoms with van der Waals surface area (Å²) in [6.45, 7) is 3.66. The third kappa shape index (κ3) is 4.46. The molecule has 0 aliphatic carbocycles. The average Bonchev–Trinajstić information content (AvgIpc) is 3.31. The summed E-state index contributed by atoms with van der Waals surface area (Å²) in [5.74, 6) is 0.351. The second-order valence-electron chi connectivity index (χ2n) is 5.67. The van der Waals surface area contributed by atoms with E-state index in [-0.39, 0.29) is 6.61 Å². The molecule has 2 N–H and O–H groups in total. The Kier molecular flexibility index (Phi) is 6.22. The number of carbonyl (C=O) groups is 2. The molecule has 2 heterocycles. The van der Waals surface area contributed by atoms with Crippen molar-refractivity contribution in [3.63, 3.8) is 0 Å². The first-order valence-corrected chi connectivity index (χ1v) is 9.74. The molecule has 0 saturated heterocycles. The molecular weight excluding hydrogens is 400 g/mol. The van der Waals surface area contributed by atoms with Crippen LogP contribution in [0.4, 0.5) is 10.5 Å². The van der Waals surface area contributed by atoms with Crippen LogP contribution in [0.15, 0.2) is 41.8 Å². The quantitative estimate of drug-likeness (QED) is 0.350. The molecule has 28 heavy (non-hydrogen) atoms. The highest BCUT2D eigenvalue weighted by molar-refractivity contribution is 7.71. The summed E-state index contributed by atoms with van der Waals surface area (Å²) in [7, 11) is 0. The van der Waals surface area contributed by atoms with Crippen molar-refractivity contribution in [3.8, 4) is 16.5 Å². The molecule has 1 amide bonds. The molecule has 3 aromatic rings. The number of hydrogen-bond acceptors (Lipinski definition) is 7. The normalized spacial score (nSPS) is 11.6. The fraction of sp³-hybridized carbons (Fsp3) is 0.222. The topological polar surface area (TPSA) is 98.2 Å². The van der Waals surface area contributed by atoms with Gasteiger partial charge in [0.25, 0.3) is 0 Å². The van der Waals surface area contributed by atoms with E-state index < -0.39 is 18.1 Å². The number of amides is 1. The second-order valence-corrected chi connectivity index (χ2v) is 7.00. The van der Waals surface area contributed by atoms with Gasteiger partial charge in [0.15, 0.2) is 10.6 Å². The van der Waals surface area contributed by atoms with E-state index in [4.69, 9.17) is 21.7 Å². The molecule has 146 valence electrons. The minimum Gasteiger partial charge on any atom is -0.450 e. The summed E-state index contributed by atoms with van der Waals surface area (Å²) in [5.41, 5.74) is 0.454. The third-order valence-electron chi connectivity index (χ3n) is 3.75. The number of anilines is 1. The number of aromatic amines is 1. The minimum atomic E-state index is -0.704. The Morgan fingerprint density at radius 3 is 2.89 bits per heavy atom. The summed E-state index contributed by atoms with van der Waals surface area (Å²) >= 11 is 6.77. The summed E-state index contributed by atoms with van der Waals surface area (Å²) < 4.78 is 12.2. The van der Waals surface area contributed by atoms with Crippen LogP contribution in [0.25, 0.3) is 10.7 Å². The van der Waals surface area contributed by atoms with E-state index in [1.54, 1.807) is 36.6 Å². The van der Waals surface area contributed by atoms with Crippen LogP contribution in [0.1, 0.15) is 19.9 Å². The SMILES string of the molecule is CCOC(=O)Nc1cccc(OC(=O)C(C)n2c(-c3cccs3)n[nH]c2=S)c1. The highest BCUT2D eigenvalue weighted by Gasteiger charge is 2.23. The van der Waals surface area contributed by atoms with Crippen LogP contribution in [0.3, 0.4) is 0 Å². The van der Waals surface area contributed by atoms with Gasteiger partial charge in [-0.15, -0.1) is 11.3 Å². The number of hydrogen-bond donors (Lipinski definition) is 2. The molecule has 0 radical (unpaired) electrons. The monoisotopic (exact) mass is 418 g/mol. The number of aromatic nitrogens is 3. The standard InChI is InChI=1S/C18H18N4O4S2/c1-3-25-18(24)19-12-6-4-7-13(10-12)26-16(23)11(2)22-15(20-21-17(22)27)14-8-5-9-28-14/h4-11H,3H2,1-2H3,(H,19,24)(H,21,27). The maximum atomic E-state index is 12.7. The number of nitrogens with zero attached hydrogens (tertiary/aromatic N) is 2. The number of nitrogens with one attached hydrogen (secondary N) is 2. The van der Waals surface area contributed by atoms with Crippen LogP contribution in [-0.4, -0.2) is 33.4 Å². The zero-order valence-corrected chi connectivity index (χ0v) is 16.8. The van der Waals surface area contributed by atoms with Crippen molar-refractivity contribution in [1.82, 2.24) is 14.8 Å². The Balaban J connectivity index is 1.76. The molecule has 0 fully saturated rings. The summed E-state index contributed by atoms with van der Waals surface area (Å²) in [6.07, 6.45) is -0.579. The number of rotatable bonds is 6. The first-order valence-electron chi connectivity index (χ1n) is 8.46. The molecule has 0 aliphatic rings. The van der Waals surface area contributed by atoms with Crippen LogP contribution in [-0.2, 0) is 9.53 Å². The molecule has 1 unspecified atom stereocenters. The average molecular weight is 419 g/mol. The van der Waals surface area contributed by atoms with Crippen molar-refractivity contribution in [1.29, 1.82) is 0 Å². The Morgan fingerprint density at radius 1 is 1.36 bits per heavy atom. The Labute approximate surface area is 170 Å². The smallest absolute Gasteiger partial charge is 0.411 e. The van der Waals surface area contributed by atoms with Gasteiger partial charge >= 0.3 is 12.1 Å². The largest absolute Gasteiger partial charge is 0.450 e. The molecule has 2 aromatic heterocycles. The zero-order chi connectivity index (χ0) is 20.1. The van der Waals surface area contributed by atoms with E-state index in [2.05, 4.69) is 15.5 Å². The number of carbonyl (C=O) groups excluding carboxylic acids is 2. The molecular formula is C18H18N4O4S2. The lowest BCUT2D eigenvalue weighted by Crippen LogP contribution is -2.22. The molecule has 0 aliphatic heterocycles. The van der Waals surface area contributed by atoms with Crippen LogP contribution < -0.4 is 10.1 Å². The number of benzene rings is 1. The van der Waals surface area contributed by atoms with Crippen molar-refractivity contribution in [2.45, 2.75) is 19.9 Å². The zero-order valence-electron chi connectivity index (χ0n) is 15.2. The molecule has 1 aromatic carbocycles. The highest BCUT2D eigenvalue weighted by Crippen LogP contribution is 2.26. The molecule has 10 heteroatoms. The molecule has 0 spiro atoms. The maximum Gasteiger partial charge on any atom is 0.411 e. The van der Waals surface area contributed by atoms with Gasteiger partial charge in [0, 0.05) is 11.8 Å². The van der Waals surface area contributed by atoms with E-state index in [9.17, 15) is 9.59 Å². The van der Waals surface area contributed by atoms with E-state index in [1.165, 1.54) is 17.4 Å². The van der Waals surface area contributed by atoms with Crippen molar-refractivity contribution in [3.05, 3.63) is 46.5 Å². The van der Waals surface area contributed by atoms with Crippen molar-refractivity contribution in [2.24, 2.45) is 0 Å². The highest BCUT2D eigenvalue weighted by atomic mass is 32.1. The van der Waals surface area contributed by atoms with Gasteiger partial charge < -0.3 is 9.47 Å². The summed E-state index contributed by atoms with van der Waals surface area (Å²) in [4.78, 5) is 25.1. The second kappa shape index (κ2) is 8.81. The van der Waals surface area contributed by atoms with Crippen LogP contribution in [0.5, 0.6) is 5.75 Å². The van der Waals surface area contributed by atoms with Gasteiger partial charge in [-0.1, -0.05) is 12.1 Å². The number of ether oxygens (including phenoxy) is 2. The van der Waals surface area contributed by atoms with Gasteiger partial charge in [0.2, 0.25) is 0 Å². The van der Waals surface area contributed by atoms with Crippen LogP contribution >= 0.6 is 23.6 Å². The molecule has 0 saturated carbocycles. The molecule has 0 bridgehead atoms. The predicted molar refractivity (Wildman–Crippen MR) is 108 cm³/mol. The van der Waals surface area contributed by atoms with Crippen LogP contribution in [0.2, 0.25) is 0 Å². The van der Waals surface area contributed by atoms with Gasteiger partial charge in [-0.2, -0.15) is 5.10 Å². The first-order chi connectivity index (χ1) is 13.5. The van der Waals surface area contributed by atoms with Gasteiger partial charge in [0.05, 0.1) is 11.5 Å². The molecule has 8 nitrogen and oxygen atoms in total. The van der Waals surface area contributed by atoms with E-state index in [1.807, 2.05) is 17.5 Å². The van der Waals surface area contributed by atoms with E-state index in [0.717, 1.165) is 4.88 Å². The van der Waals surface area contributed by atoms with E-state index >= 15 is 0 Å². The van der Waals surface area contributed by atoms with Crippen molar-refractivity contribution >= 4 is 41.3 Å². The van der Waals surface area contributed by atoms with Gasteiger partial charge in [-0.05, 0) is 49.6 Å². The fourth-order valence-corrected chi connectivity index (χ4v) is 3.47. The maximum absolute atomic E-state index is 12.7. The number of esters is 1. The first kappa shape index (κ1) is 19.8. The van der Waals surface area contributed by atoms with E-state index in [0.29, 0.717) is 22.0 Å². The minimum absolute atomic E-state index is 0.260. The lowest BCUT2D eigenvalue weighted by atomic mass is 10.3. The Bertz CT molecular complexity index is 1030. The van der Waals surface area contributed by atoms with Crippen molar-refractivity contribution in [2.75, 3.05) is 11.9 Å². The lowest BCUT2D eigenvalue weighted by Gasteiger charge is -2.14. The summed E-state index contributed by atoms with van der Waals surface area (Å²) in [6, 6.07) is 9.58. The lowest BCUT2D eigenvalue weighted by molar-refractivity contribution is -0.137. The molecule has 3 rings (SSSR count). The Morgan fingerprint density at radius 2 is 2.18 bits per heavy atom. The van der Waals surface area contributed by atoms with Crippen molar-refractivity contribution < 1.29 is 19.1 Å². The Hall–Kier alpha value is -2.98. The third-order valence-corrected chi connectivity index (χ3v) is 4.90. The van der Waals surface area contributed by atoms with Crippen LogP contribution in [0, 0.1) is 4.77 Å². The predicted octanol–water partition coefficient (Wildman–Crippen LogP) is 4.40. The number of H-pyrrole nitrogens is 1. The molecule has 1 atom stereocenters. The van der Waals surface area contributed by atoms with Gasteiger partial charge in [-0.3, -0.25) is 15.0 Å². The summed E-state index contributed by atoms with van der Waals surface area (Å²) in [5, 5.41) is 11.4. The fourth-order valence-electron chi connectivity index (χ4n) is 2.47. The van der Waals surface area contributed by atoms with Gasteiger partial charge in [-0.25, -0.2) is 9.59 Å².